The molecule has 18 heavy (non-hydrogen) atoms. The van der Waals surface area contributed by atoms with Crippen LogP contribution in [0.3, 0.4) is 0 Å². The van der Waals surface area contributed by atoms with Crippen LogP contribution in [0.1, 0.15) is 37.3 Å². The summed E-state index contributed by atoms with van der Waals surface area (Å²) in [7, 11) is 0. The fourth-order valence-electron chi connectivity index (χ4n) is 2.11. The molecule has 0 radical (unpaired) electrons. The van der Waals surface area contributed by atoms with Crippen LogP contribution in [-0.2, 0) is 11.3 Å². The van der Waals surface area contributed by atoms with E-state index in [1.165, 1.54) is 16.6 Å². The number of fused-ring (bicyclic) bond motifs is 1. The van der Waals surface area contributed by atoms with E-state index in [4.69, 9.17) is 0 Å². The number of carbonyl (C=O) groups is 1. The zero-order valence-corrected chi connectivity index (χ0v) is 11.4. The van der Waals surface area contributed by atoms with Crippen LogP contribution >= 0.6 is 0 Å². The number of hydrogen-bond acceptors (Lipinski definition) is 2. The number of imidazole rings is 1. The van der Waals surface area contributed by atoms with Crippen LogP contribution in [-0.4, -0.2) is 15.3 Å². The summed E-state index contributed by atoms with van der Waals surface area (Å²) in [5.74, 6) is 0.339. The second kappa shape index (κ2) is 5.34. The van der Waals surface area contributed by atoms with Crippen molar-refractivity contribution in [3.8, 4) is 0 Å². The van der Waals surface area contributed by atoms with Gasteiger partial charge in [-0.2, -0.15) is 0 Å². The van der Waals surface area contributed by atoms with E-state index in [0.717, 1.165) is 18.5 Å². The Morgan fingerprint density at radius 1 is 1.28 bits per heavy atom. The molecule has 0 aliphatic carbocycles. The Morgan fingerprint density at radius 3 is 2.72 bits per heavy atom. The highest BCUT2D eigenvalue weighted by Gasteiger charge is 2.05. The van der Waals surface area contributed by atoms with Crippen molar-refractivity contribution in [2.24, 2.45) is 0 Å². The molecule has 1 aromatic heterocycles. The minimum atomic E-state index is 0.339. The third-order valence-electron chi connectivity index (χ3n) is 3.49. The Labute approximate surface area is 108 Å². The van der Waals surface area contributed by atoms with Gasteiger partial charge in [0.2, 0.25) is 0 Å². The first-order chi connectivity index (χ1) is 8.61. The lowest BCUT2D eigenvalue weighted by atomic mass is 10.1. The lowest BCUT2D eigenvalue weighted by molar-refractivity contribution is -0.118. The zero-order chi connectivity index (χ0) is 13.1. The first kappa shape index (κ1) is 12.8. The molecule has 0 saturated carbocycles. The fraction of sp³-hybridized carbons (Fsp3) is 0.467. The maximum atomic E-state index is 11.3. The molecule has 0 saturated heterocycles. The fourth-order valence-corrected chi connectivity index (χ4v) is 2.11. The van der Waals surface area contributed by atoms with E-state index in [9.17, 15) is 4.79 Å². The normalized spacial score (nSPS) is 11.1. The van der Waals surface area contributed by atoms with Crippen molar-refractivity contribution >= 4 is 16.8 Å². The average Bonchev–Trinajstić information content (AvgIpc) is 2.72. The van der Waals surface area contributed by atoms with Gasteiger partial charge in [0.15, 0.2) is 0 Å². The number of ketones is 1. The minimum Gasteiger partial charge on any atom is -0.331 e. The summed E-state index contributed by atoms with van der Waals surface area (Å²) in [6.07, 6.45) is 4.08. The molecule has 0 aliphatic heterocycles. The summed E-state index contributed by atoms with van der Waals surface area (Å²) in [6.45, 7) is 7.01. The molecule has 3 heteroatoms. The van der Waals surface area contributed by atoms with E-state index in [-0.39, 0.29) is 0 Å². The maximum absolute atomic E-state index is 11.3. The molecular weight excluding hydrogens is 224 g/mol. The molecule has 1 aromatic carbocycles. The number of aromatic nitrogens is 2. The van der Waals surface area contributed by atoms with Gasteiger partial charge in [0.1, 0.15) is 5.78 Å². The van der Waals surface area contributed by atoms with Crippen molar-refractivity contribution in [2.45, 2.75) is 46.6 Å². The molecule has 0 bridgehead atoms. The first-order valence-electron chi connectivity index (χ1n) is 6.55. The van der Waals surface area contributed by atoms with Gasteiger partial charge >= 0.3 is 0 Å². The van der Waals surface area contributed by atoms with Gasteiger partial charge in [-0.1, -0.05) is 6.92 Å². The van der Waals surface area contributed by atoms with Crippen molar-refractivity contribution in [1.82, 2.24) is 9.55 Å². The van der Waals surface area contributed by atoms with Crippen LogP contribution in [0.15, 0.2) is 18.5 Å². The highest BCUT2D eigenvalue weighted by Crippen LogP contribution is 2.18. The Hall–Kier alpha value is -1.64. The predicted octanol–water partition coefficient (Wildman–Crippen LogP) is 3.41. The smallest absolute Gasteiger partial charge is 0.132 e. The number of rotatable bonds is 5. The molecule has 0 N–H and O–H groups in total. The van der Waals surface area contributed by atoms with Crippen LogP contribution in [0, 0.1) is 13.8 Å². The second-order valence-corrected chi connectivity index (χ2v) is 4.86. The van der Waals surface area contributed by atoms with Crippen molar-refractivity contribution in [3.63, 3.8) is 0 Å². The van der Waals surface area contributed by atoms with Crippen molar-refractivity contribution in [3.05, 3.63) is 29.6 Å². The van der Waals surface area contributed by atoms with E-state index < -0.39 is 0 Å². The van der Waals surface area contributed by atoms with E-state index in [1.54, 1.807) is 0 Å². The molecule has 0 spiro atoms. The third kappa shape index (κ3) is 2.61. The van der Waals surface area contributed by atoms with Crippen LogP contribution in [0.4, 0.5) is 0 Å². The van der Waals surface area contributed by atoms with Gasteiger partial charge < -0.3 is 4.57 Å². The van der Waals surface area contributed by atoms with Gasteiger partial charge in [0.25, 0.3) is 0 Å². The van der Waals surface area contributed by atoms with Crippen molar-refractivity contribution in [2.75, 3.05) is 0 Å². The monoisotopic (exact) mass is 244 g/mol. The maximum Gasteiger partial charge on any atom is 0.132 e. The number of nitrogens with zero attached hydrogens (tertiary/aromatic N) is 2. The molecule has 2 aromatic rings. The molecule has 2 rings (SSSR count). The van der Waals surface area contributed by atoms with Gasteiger partial charge in [-0.25, -0.2) is 4.98 Å². The van der Waals surface area contributed by atoms with Crippen LogP contribution in [0.5, 0.6) is 0 Å². The van der Waals surface area contributed by atoms with Crippen LogP contribution < -0.4 is 0 Å². The quantitative estimate of drug-likeness (QED) is 0.807. The summed E-state index contributed by atoms with van der Waals surface area (Å²) in [5, 5.41) is 0. The predicted molar refractivity (Wildman–Crippen MR) is 73.7 cm³/mol. The highest BCUT2D eigenvalue weighted by molar-refractivity contribution is 5.78. The number of carbonyl (C=O) groups excluding carboxylic acids is 1. The Balaban J connectivity index is 2.14. The molecule has 3 nitrogen and oxygen atoms in total. The molecule has 1 heterocycles. The lowest BCUT2D eigenvalue weighted by Gasteiger charge is -2.05. The largest absolute Gasteiger partial charge is 0.331 e. The summed E-state index contributed by atoms with van der Waals surface area (Å²) >= 11 is 0. The summed E-state index contributed by atoms with van der Waals surface area (Å²) in [5.41, 5.74) is 4.77. The summed E-state index contributed by atoms with van der Waals surface area (Å²) in [6, 6.07) is 4.30. The topological polar surface area (TPSA) is 34.9 Å². The SMILES string of the molecule is CCC(=O)CCCn1cnc2cc(C)c(C)cc21. The van der Waals surface area contributed by atoms with Crippen LogP contribution in [0.2, 0.25) is 0 Å². The number of benzene rings is 1. The van der Waals surface area contributed by atoms with Gasteiger partial charge in [0, 0.05) is 19.4 Å². The lowest BCUT2D eigenvalue weighted by Crippen LogP contribution is -2.01. The van der Waals surface area contributed by atoms with Crippen molar-refractivity contribution in [1.29, 1.82) is 0 Å². The van der Waals surface area contributed by atoms with E-state index >= 15 is 0 Å². The molecular formula is C15H20N2O. The molecule has 0 atom stereocenters. The Morgan fingerprint density at radius 2 is 2.00 bits per heavy atom. The van der Waals surface area contributed by atoms with E-state index in [2.05, 4.69) is 35.5 Å². The summed E-state index contributed by atoms with van der Waals surface area (Å²) in [4.78, 5) is 15.7. The van der Waals surface area contributed by atoms with E-state index in [1.807, 2.05) is 13.3 Å². The standard InChI is InChI=1S/C15H20N2O/c1-4-13(18)6-5-7-17-10-16-14-8-11(2)12(3)9-15(14)17/h8-10H,4-7H2,1-3H3. The Bertz CT molecular complexity index is 569. The van der Waals surface area contributed by atoms with Crippen molar-refractivity contribution < 1.29 is 4.79 Å². The van der Waals surface area contributed by atoms with Crippen LogP contribution in [0.25, 0.3) is 11.0 Å². The van der Waals surface area contributed by atoms with Gasteiger partial charge in [-0.05, 0) is 43.5 Å². The molecule has 0 aliphatic rings. The average molecular weight is 244 g/mol. The molecule has 0 amide bonds. The van der Waals surface area contributed by atoms with Gasteiger partial charge in [0.05, 0.1) is 17.4 Å². The molecule has 96 valence electrons. The number of hydrogen-bond donors (Lipinski definition) is 0. The number of aryl methyl sites for hydroxylation is 3. The number of Topliss-reactive ketones (excluding diaryl/α,β-unsaturated/α-hetero) is 1. The molecule has 0 fully saturated rings. The second-order valence-electron chi connectivity index (χ2n) is 4.86. The first-order valence-corrected chi connectivity index (χ1v) is 6.55. The summed E-state index contributed by atoms with van der Waals surface area (Å²) < 4.78 is 2.14. The zero-order valence-electron chi connectivity index (χ0n) is 11.4. The minimum absolute atomic E-state index is 0.339. The molecule has 0 unspecified atom stereocenters. The third-order valence-corrected chi connectivity index (χ3v) is 3.49. The van der Waals surface area contributed by atoms with E-state index in [0.29, 0.717) is 18.6 Å². The highest BCUT2D eigenvalue weighted by atomic mass is 16.1. The van der Waals surface area contributed by atoms with Gasteiger partial charge in [-0.3, -0.25) is 4.79 Å². The Kier molecular flexibility index (Phi) is 3.80. The van der Waals surface area contributed by atoms with Gasteiger partial charge in [-0.15, -0.1) is 0 Å².